The van der Waals surface area contributed by atoms with Crippen LogP contribution >= 0.6 is 0 Å². The molecule has 7 heteroatoms. The average molecular weight is 368 g/mol. The van der Waals surface area contributed by atoms with Crippen molar-refractivity contribution in [2.24, 2.45) is 0 Å². The number of methoxy groups -OCH3 is 2. The van der Waals surface area contributed by atoms with Crippen LogP contribution in [0.15, 0.2) is 36.5 Å². The number of carbonyl (C=O) groups excluding carboxylic acids is 1. The maximum atomic E-state index is 12.1. The number of ether oxygens (including phenoxy) is 2. The standard InChI is InChI=1S/C20H24N4O3/c1-26-17-7-5-15(13-18(17)27-2)6-8-19(25)22-14-16-9-10-21-20(23-16)24-11-3-4-12-24/h5-10,13H,3-4,11-12,14H2,1-2H3,(H,22,25)/b8-6+. The first-order valence-electron chi connectivity index (χ1n) is 8.94. The molecule has 1 aromatic carbocycles. The van der Waals surface area contributed by atoms with E-state index < -0.39 is 0 Å². The molecule has 27 heavy (non-hydrogen) atoms. The topological polar surface area (TPSA) is 76.6 Å². The van der Waals surface area contributed by atoms with Crippen molar-refractivity contribution in [3.8, 4) is 11.5 Å². The van der Waals surface area contributed by atoms with Gasteiger partial charge in [-0.25, -0.2) is 9.97 Å². The van der Waals surface area contributed by atoms with Crippen molar-refractivity contribution in [1.82, 2.24) is 15.3 Å². The third-order valence-electron chi connectivity index (χ3n) is 4.37. The van der Waals surface area contributed by atoms with Crippen LogP contribution in [0, 0.1) is 0 Å². The van der Waals surface area contributed by atoms with Crippen molar-refractivity contribution >= 4 is 17.9 Å². The molecule has 0 saturated carbocycles. The molecule has 0 unspecified atom stereocenters. The summed E-state index contributed by atoms with van der Waals surface area (Å²) in [6.07, 6.45) is 7.30. The molecule has 0 spiro atoms. The number of hydrogen-bond acceptors (Lipinski definition) is 6. The number of nitrogens with zero attached hydrogens (tertiary/aromatic N) is 3. The molecule has 1 fully saturated rings. The largest absolute Gasteiger partial charge is 0.493 e. The van der Waals surface area contributed by atoms with Gasteiger partial charge >= 0.3 is 0 Å². The number of benzene rings is 1. The van der Waals surface area contributed by atoms with Crippen molar-refractivity contribution in [2.75, 3.05) is 32.2 Å². The summed E-state index contributed by atoms with van der Waals surface area (Å²) in [6, 6.07) is 7.29. The number of carbonyl (C=O) groups is 1. The highest BCUT2D eigenvalue weighted by atomic mass is 16.5. The molecular weight excluding hydrogens is 344 g/mol. The summed E-state index contributed by atoms with van der Waals surface area (Å²) in [4.78, 5) is 23.1. The van der Waals surface area contributed by atoms with Crippen molar-refractivity contribution in [3.05, 3.63) is 47.8 Å². The van der Waals surface area contributed by atoms with Crippen LogP contribution in [0.1, 0.15) is 24.1 Å². The van der Waals surface area contributed by atoms with Gasteiger partial charge in [-0.1, -0.05) is 6.07 Å². The summed E-state index contributed by atoms with van der Waals surface area (Å²) in [5, 5.41) is 2.85. The molecule has 142 valence electrons. The van der Waals surface area contributed by atoms with Crippen LogP contribution in [0.5, 0.6) is 11.5 Å². The minimum absolute atomic E-state index is 0.189. The summed E-state index contributed by atoms with van der Waals surface area (Å²) in [6.45, 7) is 2.34. The predicted octanol–water partition coefficient (Wildman–Crippen LogP) is 2.42. The second kappa shape index (κ2) is 9.02. The van der Waals surface area contributed by atoms with Crippen LogP contribution in [-0.2, 0) is 11.3 Å². The summed E-state index contributed by atoms with van der Waals surface area (Å²) in [7, 11) is 3.17. The third kappa shape index (κ3) is 4.97. The normalized spacial score (nSPS) is 13.8. The summed E-state index contributed by atoms with van der Waals surface area (Å²) in [5.74, 6) is 1.82. The quantitative estimate of drug-likeness (QED) is 0.757. The van der Waals surface area contributed by atoms with Crippen LogP contribution < -0.4 is 19.7 Å². The lowest BCUT2D eigenvalue weighted by atomic mass is 10.2. The maximum Gasteiger partial charge on any atom is 0.244 e. The van der Waals surface area contributed by atoms with Gasteiger partial charge in [-0.05, 0) is 42.7 Å². The van der Waals surface area contributed by atoms with Crippen LogP contribution in [0.3, 0.4) is 0 Å². The maximum absolute atomic E-state index is 12.1. The average Bonchev–Trinajstić information content (AvgIpc) is 3.25. The van der Waals surface area contributed by atoms with Crippen LogP contribution in [0.4, 0.5) is 5.95 Å². The number of aromatic nitrogens is 2. The fourth-order valence-electron chi connectivity index (χ4n) is 2.92. The van der Waals surface area contributed by atoms with Crippen molar-refractivity contribution in [1.29, 1.82) is 0 Å². The lowest BCUT2D eigenvalue weighted by molar-refractivity contribution is -0.116. The zero-order valence-electron chi connectivity index (χ0n) is 15.6. The Morgan fingerprint density at radius 2 is 1.96 bits per heavy atom. The van der Waals surface area contributed by atoms with Gasteiger partial charge in [0.05, 0.1) is 26.5 Å². The van der Waals surface area contributed by atoms with Crippen LogP contribution in [0.25, 0.3) is 6.08 Å². The Bertz CT molecular complexity index is 817. The van der Waals surface area contributed by atoms with Crippen LogP contribution in [-0.4, -0.2) is 43.2 Å². The number of nitrogens with one attached hydrogen (secondary N) is 1. The molecule has 1 aliphatic heterocycles. The van der Waals surface area contributed by atoms with E-state index in [9.17, 15) is 4.79 Å². The fourth-order valence-corrected chi connectivity index (χ4v) is 2.92. The molecule has 0 radical (unpaired) electrons. The van der Waals surface area contributed by atoms with Crippen molar-refractivity contribution in [2.45, 2.75) is 19.4 Å². The first-order chi connectivity index (χ1) is 13.2. The van der Waals surface area contributed by atoms with Gasteiger partial charge in [0.15, 0.2) is 11.5 Å². The fraction of sp³-hybridized carbons (Fsp3) is 0.350. The molecule has 1 aromatic heterocycles. The van der Waals surface area contributed by atoms with Crippen LogP contribution in [0.2, 0.25) is 0 Å². The number of amides is 1. The highest BCUT2D eigenvalue weighted by molar-refractivity contribution is 5.91. The summed E-state index contributed by atoms with van der Waals surface area (Å²) in [5.41, 5.74) is 1.64. The second-order valence-electron chi connectivity index (χ2n) is 6.21. The van der Waals surface area contributed by atoms with E-state index in [1.54, 1.807) is 32.6 Å². The molecule has 7 nitrogen and oxygen atoms in total. The van der Waals surface area contributed by atoms with E-state index in [1.807, 2.05) is 18.2 Å². The summed E-state index contributed by atoms with van der Waals surface area (Å²) < 4.78 is 10.5. The Kier molecular flexibility index (Phi) is 6.25. The van der Waals surface area contributed by atoms with E-state index in [0.29, 0.717) is 18.0 Å². The molecule has 1 N–H and O–H groups in total. The Hall–Kier alpha value is -3.09. The highest BCUT2D eigenvalue weighted by Gasteiger charge is 2.14. The Morgan fingerprint density at radius 1 is 1.19 bits per heavy atom. The second-order valence-corrected chi connectivity index (χ2v) is 6.21. The van der Waals surface area contributed by atoms with Gasteiger partial charge in [-0.15, -0.1) is 0 Å². The van der Waals surface area contributed by atoms with Gasteiger partial charge in [0.25, 0.3) is 0 Å². The Labute approximate surface area is 159 Å². The monoisotopic (exact) mass is 368 g/mol. The van der Waals surface area contributed by atoms with Gasteiger partial charge in [0.1, 0.15) is 0 Å². The SMILES string of the molecule is COc1ccc(/C=C/C(=O)NCc2ccnc(N3CCCC3)n2)cc1OC. The number of rotatable bonds is 7. The van der Waals surface area contributed by atoms with E-state index in [1.165, 1.54) is 18.9 Å². The molecule has 2 heterocycles. The smallest absolute Gasteiger partial charge is 0.244 e. The zero-order valence-corrected chi connectivity index (χ0v) is 15.6. The van der Waals surface area contributed by atoms with E-state index >= 15 is 0 Å². The molecule has 1 aliphatic rings. The molecule has 0 atom stereocenters. The lowest BCUT2D eigenvalue weighted by Crippen LogP contribution is -2.23. The first kappa shape index (κ1) is 18.7. The molecule has 3 rings (SSSR count). The van der Waals surface area contributed by atoms with Crippen molar-refractivity contribution in [3.63, 3.8) is 0 Å². The predicted molar refractivity (Wildman–Crippen MR) is 104 cm³/mol. The number of hydrogen-bond donors (Lipinski definition) is 1. The Morgan fingerprint density at radius 3 is 2.70 bits per heavy atom. The van der Waals surface area contributed by atoms with E-state index in [4.69, 9.17) is 9.47 Å². The molecule has 0 aliphatic carbocycles. The zero-order chi connectivity index (χ0) is 19.1. The summed E-state index contributed by atoms with van der Waals surface area (Å²) >= 11 is 0. The van der Waals surface area contributed by atoms with E-state index in [-0.39, 0.29) is 5.91 Å². The first-order valence-corrected chi connectivity index (χ1v) is 8.94. The van der Waals surface area contributed by atoms with E-state index in [2.05, 4.69) is 20.2 Å². The lowest BCUT2D eigenvalue weighted by Gasteiger charge is -2.15. The molecule has 1 saturated heterocycles. The molecule has 1 amide bonds. The number of anilines is 1. The van der Waals surface area contributed by atoms with E-state index in [0.717, 1.165) is 30.3 Å². The molecule has 2 aromatic rings. The van der Waals surface area contributed by atoms with Crippen molar-refractivity contribution < 1.29 is 14.3 Å². The van der Waals surface area contributed by atoms with Gasteiger partial charge in [0, 0.05) is 25.4 Å². The minimum atomic E-state index is -0.189. The minimum Gasteiger partial charge on any atom is -0.493 e. The Balaban J connectivity index is 1.56. The highest BCUT2D eigenvalue weighted by Crippen LogP contribution is 2.27. The molecule has 0 bridgehead atoms. The van der Waals surface area contributed by atoms with Gasteiger partial charge in [-0.2, -0.15) is 0 Å². The third-order valence-corrected chi connectivity index (χ3v) is 4.37. The molecular formula is C20H24N4O3. The van der Waals surface area contributed by atoms with Gasteiger partial charge in [-0.3, -0.25) is 4.79 Å². The van der Waals surface area contributed by atoms with Gasteiger partial charge < -0.3 is 19.7 Å². The van der Waals surface area contributed by atoms with Gasteiger partial charge in [0.2, 0.25) is 11.9 Å².